The van der Waals surface area contributed by atoms with Crippen LogP contribution in [0.3, 0.4) is 0 Å². The number of phosphoric ester groups is 2. The lowest BCUT2D eigenvalue weighted by molar-refractivity contribution is -0.147. The van der Waals surface area contributed by atoms with Crippen molar-refractivity contribution in [1.82, 2.24) is 58.6 Å². The molecule has 24 atom stereocenters. The molecule has 147 heavy (non-hydrogen) atoms. The van der Waals surface area contributed by atoms with Crippen LogP contribution in [0, 0.1) is 59.6 Å². The minimum absolute atomic E-state index is 0.0921. The Morgan fingerprint density at radius 3 is 1.24 bits per heavy atom. The van der Waals surface area contributed by atoms with Crippen LogP contribution in [0.2, 0.25) is 0 Å². The van der Waals surface area contributed by atoms with Crippen molar-refractivity contribution in [2.75, 3.05) is 57.0 Å². The second-order valence-electron chi connectivity index (χ2n) is 32.6. The van der Waals surface area contributed by atoms with Crippen LogP contribution < -0.4 is 30.7 Å². The van der Waals surface area contributed by atoms with Crippen molar-refractivity contribution in [2.24, 2.45) is 5.92 Å². The third kappa shape index (κ3) is 27.9. The maximum Gasteiger partial charge on any atom is 0.490 e. The van der Waals surface area contributed by atoms with E-state index in [1.165, 1.54) is 83.4 Å². The number of anilines is 2. The molecule has 8 aromatic heterocycles. The number of hydrogen-bond donors (Lipinski definition) is 20. The minimum atomic E-state index is -5.84. The Morgan fingerprint density at radius 2 is 0.844 bits per heavy atom. The smallest absolute Gasteiger partial charge is 0.465 e. The molecular weight excluding hydrogens is 2150 g/mol. The summed E-state index contributed by atoms with van der Waals surface area (Å²) in [4.78, 5) is 105. The number of alkyl halides is 1. The largest absolute Gasteiger partial charge is 0.490 e. The zero-order chi connectivity index (χ0) is 109. The van der Waals surface area contributed by atoms with Gasteiger partial charge < -0.3 is 129 Å². The van der Waals surface area contributed by atoms with Crippen molar-refractivity contribution in [3.8, 4) is 29.7 Å². The number of fused-ring (bicyclic) bond motifs is 4. The monoisotopic (exact) mass is 2250 g/mol. The number of esters is 2. The van der Waals surface area contributed by atoms with Gasteiger partial charge in [0.05, 0.1) is 87.8 Å². The van der Waals surface area contributed by atoms with Crippen LogP contribution >= 0.6 is 74.0 Å². The highest BCUT2D eigenvalue weighted by atomic mass is 35.5. The summed E-state index contributed by atoms with van der Waals surface area (Å²) in [7, 11) is -42.7. The molecule has 10 aromatic rings. The number of benzene rings is 2. The zero-order valence-electron chi connectivity index (χ0n) is 77.4. The van der Waals surface area contributed by atoms with Crippen LogP contribution in [-0.2, 0) is 110 Å². The first kappa shape index (κ1) is 118. The zero-order valence-corrected chi connectivity index (χ0v) is 85.3. The van der Waals surface area contributed by atoms with E-state index in [-0.39, 0.29) is 53.2 Å². The van der Waals surface area contributed by atoms with Gasteiger partial charge in [0.15, 0.2) is 5.82 Å². The Labute approximate surface area is 835 Å². The van der Waals surface area contributed by atoms with E-state index < -0.39 is 220 Å². The number of nitriles is 3. The van der Waals surface area contributed by atoms with Gasteiger partial charge >= 0.3 is 74.4 Å². The summed E-state index contributed by atoms with van der Waals surface area (Å²) < 4.78 is 194. The first-order valence-corrected chi connectivity index (χ1v) is 55.6. The highest BCUT2D eigenvalue weighted by Gasteiger charge is 2.62. The van der Waals surface area contributed by atoms with E-state index in [1.54, 1.807) is 98.8 Å². The molecule has 0 bridgehead atoms. The van der Waals surface area contributed by atoms with Gasteiger partial charge in [0.25, 0.3) is 0 Å². The number of nitrogens with two attached hydrogens (primary N) is 2. The topological polar surface area (TPSA) is 885 Å². The van der Waals surface area contributed by atoms with Gasteiger partial charge in [0, 0.05) is 18.5 Å². The number of ether oxygens (including phenoxy) is 6. The van der Waals surface area contributed by atoms with Gasteiger partial charge in [-0.15, -0.1) is 11.6 Å². The Kier molecular flexibility index (Phi) is 38.1. The molecule has 0 aliphatic carbocycles. The molecule has 2 aromatic carbocycles. The van der Waals surface area contributed by atoms with Gasteiger partial charge in [0.2, 0.25) is 16.8 Å². The molecule has 14 rings (SSSR count). The summed E-state index contributed by atoms with van der Waals surface area (Å²) in [5.74, 6) is -2.29. The van der Waals surface area contributed by atoms with Crippen LogP contribution in [0.5, 0.6) is 11.5 Å². The third-order valence-corrected chi connectivity index (χ3v) is 33.6. The van der Waals surface area contributed by atoms with E-state index >= 15 is 0 Å². The lowest BCUT2D eigenvalue weighted by Crippen LogP contribution is -2.48. The summed E-state index contributed by atoms with van der Waals surface area (Å²) in [6, 6.07) is 32.8. The summed E-state index contributed by atoms with van der Waals surface area (Å²) in [6.45, 7) is 7.94. The number of carbonyl (C=O) groups is 2. The number of halogens is 2. The number of nitrogens with zero attached hydrogens (tertiary/aromatic N) is 13. The molecule has 6 unspecified atom stereocenters. The Morgan fingerprint density at radius 1 is 0.476 bits per heavy atom. The molecule has 4 saturated heterocycles. The molecule has 802 valence electrons. The van der Waals surface area contributed by atoms with Gasteiger partial charge in [-0.1, -0.05) is 63.1 Å². The van der Waals surface area contributed by atoms with E-state index in [9.17, 15) is 127 Å². The number of aryl methyl sites for hydroxylation is 2. The molecule has 22 N–H and O–H groups in total. The van der Waals surface area contributed by atoms with Gasteiger partial charge in [0.1, 0.15) is 159 Å². The average Bonchev–Trinajstić information content (AvgIpc) is 1.55. The fourth-order valence-corrected chi connectivity index (χ4v) is 24.4. The number of phosphoric acid groups is 6. The molecule has 12 heterocycles. The van der Waals surface area contributed by atoms with E-state index in [4.69, 9.17) is 89.2 Å². The minimum Gasteiger partial charge on any atom is -0.465 e. The molecule has 59 nitrogen and oxygen atoms in total. The third-order valence-electron chi connectivity index (χ3n) is 22.4. The van der Waals surface area contributed by atoms with Crippen LogP contribution in [0.4, 0.5) is 15.8 Å². The average molecular weight is 2250 g/mol. The maximum absolute atomic E-state index is 14.4. The Balaban J connectivity index is 0.000000187. The van der Waals surface area contributed by atoms with Gasteiger partial charge in [-0.3, -0.25) is 27.7 Å². The SMILES string of the molecule is CCC(CC)COC(=O)[C@H](C)NP(=O)(OC[C@@]1(C#N)O[C@@H](c2ccc3c(N)ccnn23)[C@H](O)[C@@H]1O)Oc1ccccc1.CCOC(=O)[C@H](C)NP(=O)(OC[C@@]1(C#N)O[C@@H](c2ccc3c(N)ccnn23)[C@H](O)[C@@H]1O)Oc1ccccc1.Cc1ncnn2c([C@@H]3O[C@](C#N)(COP(=O)(O)OP(=O)(O)OP(=O)(O)O)[C@@H](O)[C@H]3O)cc(F)c12.Cc1ncnn2c([C@@H]3O[C@](CCl)(COP(=O)(O)OP(=O)(O)OP(=O)(O)O)[C@@H](O)[C@H]3O)ccc12. The summed E-state index contributed by atoms with van der Waals surface area (Å²) >= 11 is 5.89. The van der Waals surface area contributed by atoms with Gasteiger partial charge in [-0.2, -0.15) is 63.6 Å². The van der Waals surface area contributed by atoms with E-state index in [0.717, 1.165) is 29.8 Å². The van der Waals surface area contributed by atoms with Crippen LogP contribution in [0.25, 0.3) is 22.1 Å². The molecule has 0 saturated carbocycles. The number of nitrogen functional groups attached to an aromatic ring is 2. The molecular formula is C78H99ClFN17O42P8. The number of aliphatic hydroxyl groups excluding tert-OH is 8. The van der Waals surface area contributed by atoms with E-state index in [2.05, 4.69) is 66.8 Å². The Bertz CT molecular complexity index is 6920. The standard InChI is InChI=1S/C28H36N5O8P.C24H28N5O8P.C13H19ClN3O13P3.C13H16FN4O13P3/c1-4-19(5-2)15-38-27(36)18(3)32-42(37,41-20-9-7-6-8-10-20)39-17-28(16-29)26(35)24(34)25(40-28)23-12-11-22-21(30)13-14-31-33(22)23;1-3-34-23(32)15(2)28-38(33,37-16-7-5-4-6-8-16)35-14-24(13-25)22(31)20(30)21(36-24)19-10-9-18-17(26)11-12-27-29(18)19;1-7-8-2-3-9(17(8)16-6-15-7)11-10(18)12(19)13(4-14,28-11)5-27-32(23,24)30-33(25,26)29-31(20,21)22;1-6-9-7(14)2-8(18(9)17-5-16-6)11-10(19)12(20)13(3-15,29-11)4-28-33(24,25)31-34(26,27)30-32(21,22)23/h6-14,18-19,24-26,34-35H,4-5,15,17,30H2,1-3H3,(H,32,37);4-12,15,20-22,30-31H,3,14,26H2,1-2H3,(H,28,33);2-3,6,10-12,18-19H,4-5H2,1H3,(H,23,24)(H,25,26)(H2,20,21,22);2,5,10-12,19-20H,4H2,1H3,(H,24,25)(H,26,27)(H2,21,22,23)/t18-,24-,25-,26-,28+,42?;15-,20-,21-,22-,24+,38?;2*10-,11-,12-,13+/m0000/s1. The van der Waals surface area contributed by atoms with Crippen LogP contribution in [-0.4, -0.2) is 269 Å². The molecule has 4 aliphatic heterocycles. The molecule has 0 amide bonds. The van der Waals surface area contributed by atoms with Gasteiger partial charge in [-0.25, -0.2) is 68.9 Å². The van der Waals surface area contributed by atoms with Gasteiger partial charge in [-0.05, 0) is 113 Å². The highest BCUT2D eigenvalue weighted by Crippen LogP contribution is 2.68. The van der Waals surface area contributed by atoms with Crippen molar-refractivity contribution in [1.29, 1.82) is 15.8 Å². The number of carbonyl (C=O) groups excluding carboxylic acids is 2. The summed E-state index contributed by atoms with van der Waals surface area (Å²) in [5.41, 5.74) is 7.08. The fraction of sp³-hybridized carbons (Fsp3) is 0.449. The van der Waals surface area contributed by atoms with Crippen molar-refractivity contribution in [3.63, 3.8) is 0 Å². The lowest BCUT2D eigenvalue weighted by atomic mass is 9.96. The normalized spacial score (nSPS) is 26.9. The molecule has 0 radical (unpaired) electrons. The first-order chi connectivity index (χ1) is 68.8. The lowest BCUT2D eigenvalue weighted by Gasteiger charge is -2.30. The fourth-order valence-electron chi connectivity index (χ4n) is 14.9. The second-order valence-corrected chi connectivity index (χ2v) is 45.0. The number of nitrogens with one attached hydrogen (secondary N) is 2. The van der Waals surface area contributed by atoms with Crippen LogP contribution in [0.15, 0.2) is 140 Å². The van der Waals surface area contributed by atoms with Crippen molar-refractivity contribution in [3.05, 3.63) is 180 Å². The summed E-state index contributed by atoms with van der Waals surface area (Å²) in [6.07, 6.45) is -12.5. The second kappa shape index (κ2) is 47.6. The number of hydrogen-bond acceptors (Lipinski definition) is 45. The van der Waals surface area contributed by atoms with Crippen molar-refractivity contribution < 1.29 is 203 Å². The highest BCUT2D eigenvalue weighted by molar-refractivity contribution is 7.67. The summed E-state index contributed by atoms with van der Waals surface area (Å²) in [5, 5.41) is 137. The molecule has 4 fully saturated rings. The number of para-hydroxylation sites is 2. The molecule has 69 heteroatoms. The number of aromatic nitrogens is 10. The van der Waals surface area contributed by atoms with Crippen LogP contribution in [0.1, 0.15) is 106 Å². The van der Waals surface area contributed by atoms with E-state index in [0.29, 0.717) is 45.0 Å². The Hall–Kier alpha value is -9.47. The number of rotatable bonds is 40. The molecule has 0 spiro atoms. The van der Waals surface area contributed by atoms with Crippen molar-refractivity contribution >= 4 is 119 Å². The quantitative estimate of drug-likeness (QED) is 0.0142. The van der Waals surface area contributed by atoms with Crippen molar-refractivity contribution in [2.45, 2.75) is 169 Å². The first-order valence-electron chi connectivity index (χ1n) is 42.9. The molecule has 4 aliphatic rings. The maximum atomic E-state index is 14.4. The van der Waals surface area contributed by atoms with E-state index in [1.807, 2.05) is 26.0 Å². The predicted octanol–water partition coefficient (Wildman–Crippen LogP) is 4.58. The number of aliphatic hydroxyl groups is 8. The predicted molar refractivity (Wildman–Crippen MR) is 494 cm³/mol.